The van der Waals surface area contributed by atoms with Crippen LogP contribution in [0.2, 0.25) is 0 Å². The maximum atomic E-state index is 5.73. The van der Waals surface area contributed by atoms with E-state index in [1.807, 2.05) is 12.2 Å². The molecule has 0 saturated carbocycles. The minimum absolute atomic E-state index is 0.582. The summed E-state index contributed by atoms with van der Waals surface area (Å²) >= 11 is 14.7. The molecule has 1 heterocycles. The first kappa shape index (κ1) is 8.44. The molecule has 0 aromatic carbocycles. The molecule has 1 aliphatic rings. The van der Waals surface area contributed by atoms with Gasteiger partial charge in [-0.05, 0) is 11.6 Å². The summed E-state index contributed by atoms with van der Waals surface area (Å²) in [5, 5.41) is 1.41. The Hall–Kier alpha value is 0.340. The minimum atomic E-state index is 0.582. The van der Waals surface area contributed by atoms with Gasteiger partial charge in [0.1, 0.15) is 5.16 Å². The van der Waals surface area contributed by atoms with Crippen LogP contribution in [0, 0.1) is 0 Å². The second-order valence-corrected chi connectivity index (χ2v) is 3.28. The Morgan fingerprint density at radius 1 is 1.70 bits per heavy atom. The first-order valence-corrected chi connectivity index (χ1v) is 4.63. The van der Waals surface area contributed by atoms with E-state index in [1.165, 1.54) is 9.99 Å². The lowest BCUT2D eigenvalue weighted by Gasteiger charge is -2.16. The molecule has 0 spiro atoms. The smallest absolute Gasteiger partial charge is 0.119 e. The lowest BCUT2D eigenvalue weighted by atomic mass is 10.2. The van der Waals surface area contributed by atoms with Crippen molar-refractivity contribution in [2.75, 3.05) is 11.9 Å². The van der Waals surface area contributed by atoms with Crippen molar-refractivity contribution < 1.29 is 0 Å². The van der Waals surface area contributed by atoms with Crippen LogP contribution in [-0.4, -0.2) is 16.3 Å². The van der Waals surface area contributed by atoms with Gasteiger partial charge in [-0.2, -0.15) is 0 Å². The molecule has 0 saturated heterocycles. The highest BCUT2D eigenvalue weighted by molar-refractivity contribution is 9.09. The largest absolute Gasteiger partial charge is 0.271 e. The average Bonchev–Trinajstić information content (AvgIpc) is 1.95. The highest BCUT2D eigenvalue weighted by Gasteiger charge is 2.07. The SMILES string of the molecule is ClC1=CC(CBr)=CCN1Cl. The van der Waals surface area contributed by atoms with Crippen molar-refractivity contribution in [2.45, 2.75) is 0 Å². The minimum Gasteiger partial charge on any atom is -0.271 e. The number of alkyl halides is 1. The van der Waals surface area contributed by atoms with Crippen LogP contribution in [0.1, 0.15) is 0 Å². The van der Waals surface area contributed by atoms with E-state index in [2.05, 4.69) is 15.9 Å². The highest BCUT2D eigenvalue weighted by atomic mass is 79.9. The summed E-state index contributed by atoms with van der Waals surface area (Å²) in [7, 11) is 0. The molecule has 0 fully saturated rings. The molecular weight excluding hydrogens is 237 g/mol. The van der Waals surface area contributed by atoms with Crippen LogP contribution in [0.5, 0.6) is 0 Å². The number of nitrogens with zero attached hydrogens (tertiary/aromatic N) is 1. The van der Waals surface area contributed by atoms with Crippen LogP contribution in [0.3, 0.4) is 0 Å². The molecule has 0 amide bonds. The van der Waals surface area contributed by atoms with Crippen LogP contribution >= 0.6 is 39.3 Å². The van der Waals surface area contributed by atoms with Crippen LogP contribution in [0.4, 0.5) is 0 Å². The van der Waals surface area contributed by atoms with Crippen molar-refractivity contribution in [2.24, 2.45) is 0 Å². The van der Waals surface area contributed by atoms with E-state index in [0.717, 1.165) is 5.33 Å². The van der Waals surface area contributed by atoms with E-state index in [1.54, 1.807) is 0 Å². The average molecular weight is 243 g/mol. The van der Waals surface area contributed by atoms with Gasteiger partial charge in [-0.15, -0.1) is 0 Å². The molecular formula is C6H6BrCl2N. The van der Waals surface area contributed by atoms with Crippen molar-refractivity contribution in [1.29, 1.82) is 0 Å². The molecule has 0 aromatic rings. The van der Waals surface area contributed by atoms with E-state index >= 15 is 0 Å². The third-order valence-electron chi connectivity index (χ3n) is 1.20. The zero-order chi connectivity index (χ0) is 7.56. The molecule has 4 heteroatoms. The van der Waals surface area contributed by atoms with Gasteiger partial charge in [-0.1, -0.05) is 33.6 Å². The zero-order valence-electron chi connectivity index (χ0n) is 5.15. The van der Waals surface area contributed by atoms with E-state index in [0.29, 0.717) is 11.7 Å². The Kier molecular flexibility index (Phi) is 3.08. The maximum absolute atomic E-state index is 5.73. The van der Waals surface area contributed by atoms with Gasteiger partial charge in [0.25, 0.3) is 0 Å². The first-order chi connectivity index (χ1) is 4.74. The molecule has 56 valence electrons. The lowest BCUT2D eigenvalue weighted by Crippen LogP contribution is -2.12. The summed E-state index contributed by atoms with van der Waals surface area (Å²) in [4.78, 5) is 0. The van der Waals surface area contributed by atoms with Crippen molar-refractivity contribution >= 4 is 39.3 Å². The summed E-state index contributed by atoms with van der Waals surface area (Å²) in [5.41, 5.74) is 1.17. The van der Waals surface area contributed by atoms with Crippen LogP contribution in [0.15, 0.2) is 22.9 Å². The van der Waals surface area contributed by atoms with Crippen molar-refractivity contribution in [3.63, 3.8) is 0 Å². The normalized spacial score (nSPS) is 18.5. The second kappa shape index (κ2) is 3.65. The zero-order valence-corrected chi connectivity index (χ0v) is 8.25. The Morgan fingerprint density at radius 2 is 2.40 bits per heavy atom. The Bertz CT molecular complexity index is 188. The van der Waals surface area contributed by atoms with Gasteiger partial charge in [-0.3, -0.25) is 4.42 Å². The number of hydrogen-bond acceptors (Lipinski definition) is 1. The highest BCUT2D eigenvalue weighted by Crippen LogP contribution is 2.20. The monoisotopic (exact) mass is 241 g/mol. The summed E-state index contributed by atoms with van der Waals surface area (Å²) < 4.78 is 1.47. The predicted molar refractivity (Wildman–Crippen MR) is 48.4 cm³/mol. The Morgan fingerprint density at radius 3 is 2.90 bits per heavy atom. The van der Waals surface area contributed by atoms with E-state index in [9.17, 15) is 0 Å². The maximum Gasteiger partial charge on any atom is 0.119 e. The van der Waals surface area contributed by atoms with Gasteiger partial charge >= 0.3 is 0 Å². The van der Waals surface area contributed by atoms with E-state index < -0.39 is 0 Å². The molecule has 1 aliphatic heterocycles. The molecule has 1 nitrogen and oxygen atoms in total. The van der Waals surface area contributed by atoms with E-state index in [-0.39, 0.29) is 0 Å². The predicted octanol–water partition coefficient (Wildman–Crippen LogP) is 2.86. The molecule has 0 aromatic heterocycles. The number of allylic oxidation sites excluding steroid dienone is 2. The summed E-state index contributed by atoms with van der Waals surface area (Å²) in [6.07, 6.45) is 3.86. The van der Waals surface area contributed by atoms with E-state index in [4.69, 9.17) is 23.4 Å². The van der Waals surface area contributed by atoms with Crippen molar-refractivity contribution in [3.8, 4) is 0 Å². The fourth-order valence-electron chi connectivity index (χ4n) is 0.660. The molecule has 10 heavy (non-hydrogen) atoms. The number of rotatable bonds is 1. The van der Waals surface area contributed by atoms with Crippen molar-refractivity contribution in [1.82, 2.24) is 4.42 Å². The van der Waals surface area contributed by atoms with Crippen LogP contribution in [-0.2, 0) is 0 Å². The van der Waals surface area contributed by atoms with Gasteiger partial charge in [0.15, 0.2) is 0 Å². The van der Waals surface area contributed by atoms with Gasteiger partial charge in [0, 0.05) is 17.1 Å². The third kappa shape index (κ3) is 1.91. The van der Waals surface area contributed by atoms with Crippen LogP contribution in [0.25, 0.3) is 0 Å². The molecule has 0 unspecified atom stereocenters. The Balaban J connectivity index is 2.69. The summed E-state index contributed by atoms with van der Waals surface area (Å²) in [5.74, 6) is 0. The fraction of sp³-hybridized carbons (Fsp3) is 0.333. The molecule has 1 rings (SSSR count). The third-order valence-corrected chi connectivity index (χ3v) is 2.57. The molecule has 0 bridgehead atoms. The van der Waals surface area contributed by atoms with Gasteiger partial charge in [0.05, 0.1) is 6.54 Å². The van der Waals surface area contributed by atoms with Crippen molar-refractivity contribution in [3.05, 3.63) is 22.9 Å². The molecule has 0 N–H and O–H groups in total. The topological polar surface area (TPSA) is 3.24 Å². The quantitative estimate of drug-likeness (QED) is 0.388. The standard InChI is InChI=1S/C6H6BrCl2N/c7-4-5-1-2-10(9)6(8)3-5/h1,3H,2,4H2. The second-order valence-electron chi connectivity index (χ2n) is 1.92. The van der Waals surface area contributed by atoms with Gasteiger partial charge < -0.3 is 0 Å². The lowest BCUT2D eigenvalue weighted by molar-refractivity contribution is 0.647. The van der Waals surface area contributed by atoms with Gasteiger partial charge in [-0.25, -0.2) is 0 Å². The summed E-state index contributed by atoms with van der Waals surface area (Å²) in [6.45, 7) is 0.678. The molecule has 0 aliphatic carbocycles. The fourth-order valence-corrected chi connectivity index (χ4v) is 1.38. The van der Waals surface area contributed by atoms with Crippen LogP contribution < -0.4 is 0 Å². The molecule has 0 atom stereocenters. The first-order valence-electron chi connectivity index (χ1n) is 2.79. The number of hydrogen-bond donors (Lipinski definition) is 0. The summed E-state index contributed by atoms with van der Waals surface area (Å²) in [6, 6.07) is 0. The Labute approximate surface area is 78.5 Å². The molecule has 0 radical (unpaired) electrons. The number of halogens is 3. The van der Waals surface area contributed by atoms with Gasteiger partial charge in [0.2, 0.25) is 0 Å².